The Kier molecular flexibility index (Phi) is 5.80. The monoisotopic (exact) mass is 381 g/mol. The van der Waals surface area contributed by atoms with Gasteiger partial charge in [0.1, 0.15) is 6.61 Å². The number of imide groups is 1. The number of rotatable bonds is 6. The summed E-state index contributed by atoms with van der Waals surface area (Å²) in [6, 6.07) is 20.1. The maximum atomic E-state index is 13.0. The molecule has 2 aromatic carbocycles. The molecule has 2 aromatic rings. The topological polar surface area (TPSA) is 46.6 Å². The van der Waals surface area contributed by atoms with Crippen LogP contribution in [0.4, 0.5) is 4.79 Å². The van der Waals surface area contributed by atoms with E-state index < -0.39 is 14.2 Å². The molecule has 0 aromatic heterocycles. The molecule has 0 N–H and O–H groups in total. The lowest BCUT2D eigenvalue weighted by molar-refractivity contribution is -0.129. The third-order valence-corrected chi connectivity index (χ3v) is 10.3. The summed E-state index contributed by atoms with van der Waals surface area (Å²) >= 11 is 0. The van der Waals surface area contributed by atoms with Crippen LogP contribution in [0.15, 0.2) is 60.7 Å². The summed E-state index contributed by atoms with van der Waals surface area (Å²) in [7, 11) is -1.81. The van der Waals surface area contributed by atoms with Crippen LogP contribution in [0, 0.1) is 0 Å². The van der Waals surface area contributed by atoms with Crippen LogP contribution in [-0.4, -0.2) is 37.6 Å². The van der Waals surface area contributed by atoms with Crippen LogP contribution in [0.2, 0.25) is 18.6 Å². The molecular formula is C22H27NO3Si. The van der Waals surface area contributed by atoms with E-state index in [1.165, 1.54) is 10.1 Å². The molecule has 2 amide bonds. The number of benzene rings is 2. The normalized spacial score (nSPS) is 18.3. The number of nitrogens with zero attached hydrogens (tertiary/aromatic N) is 1. The van der Waals surface area contributed by atoms with Crippen molar-refractivity contribution in [3.63, 3.8) is 0 Å². The van der Waals surface area contributed by atoms with Crippen molar-refractivity contribution in [3.8, 4) is 0 Å². The van der Waals surface area contributed by atoms with Gasteiger partial charge in [-0.1, -0.05) is 85.9 Å². The van der Waals surface area contributed by atoms with Crippen LogP contribution >= 0.6 is 0 Å². The van der Waals surface area contributed by atoms with Crippen LogP contribution in [0.5, 0.6) is 0 Å². The first kappa shape index (κ1) is 19.4. The number of cyclic esters (lactones) is 1. The molecule has 3 rings (SSSR count). The predicted octanol–water partition coefficient (Wildman–Crippen LogP) is 3.97. The van der Waals surface area contributed by atoms with Gasteiger partial charge in [-0.25, -0.2) is 9.69 Å². The summed E-state index contributed by atoms with van der Waals surface area (Å²) in [6.07, 6.45) is 0.494. The maximum absolute atomic E-state index is 13.0. The van der Waals surface area contributed by atoms with Gasteiger partial charge in [-0.15, -0.1) is 0 Å². The smallest absolute Gasteiger partial charge is 0.416 e. The molecule has 0 aliphatic carbocycles. The van der Waals surface area contributed by atoms with E-state index in [1.807, 2.05) is 48.5 Å². The van der Waals surface area contributed by atoms with Crippen LogP contribution in [0.1, 0.15) is 18.9 Å². The molecule has 5 heteroatoms. The van der Waals surface area contributed by atoms with E-state index in [1.54, 1.807) is 0 Å². The van der Waals surface area contributed by atoms with Crippen LogP contribution in [0.25, 0.3) is 0 Å². The second-order valence-electron chi connectivity index (χ2n) is 7.88. The van der Waals surface area contributed by atoms with E-state index in [2.05, 4.69) is 32.2 Å². The van der Waals surface area contributed by atoms with Crippen molar-refractivity contribution in [1.82, 2.24) is 4.90 Å². The Morgan fingerprint density at radius 2 is 1.70 bits per heavy atom. The SMILES string of the molecule is C[C@H](CC(=O)N1C(=O)OC[C@@H]1Cc1ccccc1)[Si](C)(C)c1ccccc1. The van der Waals surface area contributed by atoms with Gasteiger partial charge in [0.15, 0.2) is 0 Å². The largest absolute Gasteiger partial charge is 0.447 e. The first-order chi connectivity index (χ1) is 12.9. The summed E-state index contributed by atoms with van der Waals surface area (Å²) in [4.78, 5) is 26.6. The summed E-state index contributed by atoms with van der Waals surface area (Å²) < 4.78 is 5.20. The van der Waals surface area contributed by atoms with Crippen molar-refractivity contribution in [1.29, 1.82) is 0 Å². The summed E-state index contributed by atoms with van der Waals surface area (Å²) in [5.74, 6) is -0.123. The van der Waals surface area contributed by atoms with Crippen molar-refractivity contribution in [2.75, 3.05) is 6.61 Å². The Labute approximate surface area is 162 Å². The van der Waals surface area contributed by atoms with Crippen molar-refractivity contribution >= 4 is 25.3 Å². The summed E-state index contributed by atoms with van der Waals surface area (Å²) in [5, 5.41) is 1.33. The Morgan fingerprint density at radius 3 is 2.33 bits per heavy atom. The molecule has 0 bridgehead atoms. The third kappa shape index (κ3) is 4.30. The fraction of sp³-hybridized carbons (Fsp3) is 0.364. The van der Waals surface area contributed by atoms with Gasteiger partial charge in [-0.2, -0.15) is 0 Å². The molecule has 1 aliphatic rings. The minimum absolute atomic E-state index is 0.123. The Balaban J connectivity index is 1.70. The molecule has 0 unspecified atom stereocenters. The van der Waals surface area contributed by atoms with Crippen molar-refractivity contribution in [3.05, 3.63) is 66.2 Å². The van der Waals surface area contributed by atoms with E-state index in [9.17, 15) is 9.59 Å². The van der Waals surface area contributed by atoms with Gasteiger partial charge in [-0.3, -0.25) is 4.79 Å². The minimum Gasteiger partial charge on any atom is -0.447 e. The van der Waals surface area contributed by atoms with Crippen LogP contribution in [0.3, 0.4) is 0 Å². The molecule has 1 aliphatic heterocycles. The van der Waals surface area contributed by atoms with E-state index in [0.717, 1.165) is 5.56 Å². The summed E-state index contributed by atoms with van der Waals surface area (Å²) in [5.41, 5.74) is 1.32. The van der Waals surface area contributed by atoms with E-state index >= 15 is 0 Å². The minimum atomic E-state index is -1.81. The van der Waals surface area contributed by atoms with Crippen molar-refractivity contribution in [2.24, 2.45) is 0 Å². The second-order valence-corrected chi connectivity index (χ2v) is 12.9. The molecule has 4 nitrogen and oxygen atoms in total. The number of amides is 2. The highest BCUT2D eigenvalue weighted by molar-refractivity contribution is 6.91. The van der Waals surface area contributed by atoms with Gasteiger partial charge in [0.2, 0.25) is 5.91 Å². The van der Waals surface area contributed by atoms with E-state index in [4.69, 9.17) is 4.74 Å². The standard InChI is InChI=1S/C22H27NO3Si/c1-17(27(2,3)20-12-8-5-9-13-20)14-21(24)23-19(16-26-22(23)25)15-18-10-6-4-7-11-18/h4-13,17,19H,14-16H2,1-3H3/t17-,19+/m1/s1. The Morgan fingerprint density at radius 1 is 1.11 bits per heavy atom. The first-order valence-electron chi connectivity index (χ1n) is 9.48. The zero-order valence-electron chi connectivity index (χ0n) is 16.2. The highest BCUT2D eigenvalue weighted by Gasteiger charge is 2.40. The lowest BCUT2D eigenvalue weighted by atomic mass is 10.1. The van der Waals surface area contributed by atoms with Crippen LogP contribution < -0.4 is 5.19 Å². The molecule has 0 spiro atoms. The molecule has 0 radical (unpaired) electrons. The Bertz CT molecular complexity index is 792. The third-order valence-electron chi connectivity index (χ3n) is 5.77. The quantitative estimate of drug-likeness (QED) is 0.711. The zero-order chi connectivity index (χ0) is 19.4. The number of carbonyl (C=O) groups excluding carboxylic acids is 2. The molecule has 27 heavy (non-hydrogen) atoms. The maximum Gasteiger partial charge on any atom is 0.416 e. The van der Waals surface area contributed by atoms with Gasteiger partial charge in [-0.05, 0) is 17.5 Å². The van der Waals surface area contributed by atoms with Gasteiger partial charge in [0.25, 0.3) is 0 Å². The second kappa shape index (κ2) is 8.09. The molecular weight excluding hydrogens is 354 g/mol. The molecule has 2 atom stereocenters. The van der Waals surface area contributed by atoms with Crippen LogP contribution in [-0.2, 0) is 16.0 Å². The lowest BCUT2D eigenvalue weighted by Crippen LogP contribution is -2.48. The first-order valence-corrected chi connectivity index (χ1v) is 12.6. The molecule has 1 saturated heterocycles. The molecule has 142 valence electrons. The fourth-order valence-electron chi connectivity index (χ4n) is 3.57. The molecule has 1 heterocycles. The molecule has 0 saturated carbocycles. The van der Waals surface area contributed by atoms with E-state index in [-0.39, 0.29) is 24.1 Å². The molecule has 1 fully saturated rings. The summed E-state index contributed by atoms with van der Waals surface area (Å²) in [6.45, 7) is 6.96. The van der Waals surface area contributed by atoms with Gasteiger partial charge >= 0.3 is 6.09 Å². The van der Waals surface area contributed by atoms with Gasteiger partial charge in [0.05, 0.1) is 14.1 Å². The lowest BCUT2D eigenvalue weighted by Gasteiger charge is -2.31. The number of ether oxygens (including phenoxy) is 1. The van der Waals surface area contributed by atoms with Gasteiger partial charge < -0.3 is 4.74 Å². The highest BCUT2D eigenvalue weighted by atomic mass is 28.3. The number of carbonyl (C=O) groups is 2. The average Bonchev–Trinajstić information content (AvgIpc) is 3.03. The number of hydrogen-bond acceptors (Lipinski definition) is 3. The number of hydrogen-bond donors (Lipinski definition) is 0. The zero-order valence-corrected chi connectivity index (χ0v) is 17.2. The average molecular weight is 382 g/mol. The van der Waals surface area contributed by atoms with Crippen molar-refractivity contribution < 1.29 is 14.3 Å². The van der Waals surface area contributed by atoms with Crippen molar-refractivity contribution in [2.45, 2.75) is 44.4 Å². The van der Waals surface area contributed by atoms with Gasteiger partial charge in [0, 0.05) is 6.42 Å². The van der Waals surface area contributed by atoms with E-state index in [0.29, 0.717) is 12.8 Å². The Hall–Kier alpha value is -2.40. The predicted molar refractivity (Wildman–Crippen MR) is 110 cm³/mol. The fourth-order valence-corrected chi connectivity index (χ4v) is 5.88. The highest BCUT2D eigenvalue weighted by Crippen LogP contribution is 2.28.